The van der Waals surface area contributed by atoms with Gasteiger partial charge in [-0.15, -0.1) is 0 Å². The van der Waals surface area contributed by atoms with Crippen LogP contribution < -0.4 is 11.0 Å². The van der Waals surface area contributed by atoms with Crippen molar-refractivity contribution in [2.75, 3.05) is 11.1 Å². The van der Waals surface area contributed by atoms with Crippen molar-refractivity contribution >= 4 is 32.5 Å². The minimum atomic E-state index is -3.20. The summed E-state index contributed by atoms with van der Waals surface area (Å²) in [6.45, 7) is 0. The lowest BCUT2D eigenvalue weighted by Crippen LogP contribution is -2.24. The fourth-order valence-electron chi connectivity index (χ4n) is 3.46. The number of amides is 1. The molecule has 136 valence electrons. The number of carbonyl (C=O) groups excluding carboxylic acids is 1. The summed E-state index contributed by atoms with van der Waals surface area (Å²) < 4.78 is 27.5. The van der Waals surface area contributed by atoms with Gasteiger partial charge in [-0.25, -0.2) is 13.2 Å². The van der Waals surface area contributed by atoms with E-state index in [-0.39, 0.29) is 29.0 Å². The smallest absolute Gasteiger partial charge is 0.326 e. The van der Waals surface area contributed by atoms with Gasteiger partial charge in [0.2, 0.25) is 5.91 Å². The number of aryl methyl sites for hydroxylation is 2. The Bertz CT molecular complexity index is 966. The van der Waals surface area contributed by atoms with Gasteiger partial charge in [-0.2, -0.15) is 0 Å². The molecule has 2 aromatic rings. The van der Waals surface area contributed by atoms with Crippen LogP contribution in [0.3, 0.4) is 0 Å². The van der Waals surface area contributed by atoms with Crippen molar-refractivity contribution < 1.29 is 13.2 Å². The number of hydrogen-bond acceptors (Lipinski definition) is 4. The molecular formula is C17H23N3O4S. The van der Waals surface area contributed by atoms with Crippen molar-refractivity contribution in [2.24, 2.45) is 14.1 Å². The van der Waals surface area contributed by atoms with E-state index in [2.05, 4.69) is 5.32 Å². The normalized spacial score (nSPS) is 15.8. The third-order valence-corrected chi connectivity index (χ3v) is 7.24. The number of anilines is 1. The van der Waals surface area contributed by atoms with Gasteiger partial charge in [-0.05, 0) is 31.0 Å². The summed E-state index contributed by atoms with van der Waals surface area (Å²) in [7, 11) is 0.162. The zero-order valence-electron chi connectivity index (χ0n) is 14.5. The summed E-state index contributed by atoms with van der Waals surface area (Å²) in [5.74, 6) is -0.447. The van der Waals surface area contributed by atoms with Gasteiger partial charge in [0.05, 0.1) is 22.0 Å². The average molecular weight is 365 g/mol. The van der Waals surface area contributed by atoms with Gasteiger partial charge in [0.1, 0.15) is 0 Å². The first kappa shape index (κ1) is 17.7. The molecule has 1 aliphatic carbocycles. The van der Waals surface area contributed by atoms with Gasteiger partial charge in [0.15, 0.2) is 9.84 Å². The van der Waals surface area contributed by atoms with E-state index in [1.54, 1.807) is 32.3 Å². The number of aromatic nitrogens is 2. The minimum Gasteiger partial charge on any atom is -0.326 e. The van der Waals surface area contributed by atoms with Crippen LogP contribution in [-0.2, 0) is 28.7 Å². The van der Waals surface area contributed by atoms with Crippen LogP contribution >= 0.6 is 0 Å². The Morgan fingerprint density at radius 3 is 2.48 bits per heavy atom. The Balaban J connectivity index is 1.68. The van der Waals surface area contributed by atoms with E-state index in [4.69, 9.17) is 0 Å². The molecule has 1 N–H and O–H groups in total. The molecule has 1 aromatic heterocycles. The van der Waals surface area contributed by atoms with Crippen LogP contribution in [0.1, 0.15) is 32.1 Å². The largest absolute Gasteiger partial charge is 0.328 e. The molecular weight excluding hydrogens is 342 g/mol. The molecule has 0 spiro atoms. The number of nitrogens with one attached hydrogen (secondary N) is 1. The number of nitrogens with zero attached hydrogens (tertiary/aromatic N) is 2. The van der Waals surface area contributed by atoms with Crippen LogP contribution in [0.4, 0.5) is 5.69 Å². The highest BCUT2D eigenvalue weighted by Crippen LogP contribution is 2.25. The standard InChI is InChI=1S/C17H23N3O4S/c1-19-14-8-7-12(11-15(14)20(2)17(19)22)18-16(21)9-10-25(23,24)13-5-3-4-6-13/h7-8,11,13H,3-6,9-10H2,1-2H3,(H,18,21). The first-order valence-electron chi connectivity index (χ1n) is 8.46. The van der Waals surface area contributed by atoms with Crippen LogP contribution in [-0.4, -0.2) is 34.5 Å². The number of carbonyl (C=O) groups is 1. The predicted molar refractivity (Wildman–Crippen MR) is 97.4 cm³/mol. The van der Waals surface area contributed by atoms with Crippen molar-refractivity contribution in [3.63, 3.8) is 0 Å². The first-order chi connectivity index (χ1) is 11.8. The molecule has 1 aromatic carbocycles. The number of sulfone groups is 1. The molecule has 7 nitrogen and oxygen atoms in total. The van der Waals surface area contributed by atoms with Gasteiger partial charge in [-0.3, -0.25) is 13.9 Å². The summed E-state index contributed by atoms with van der Waals surface area (Å²) in [6, 6.07) is 5.20. The SMILES string of the molecule is Cn1c(=O)n(C)c2cc(NC(=O)CCS(=O)(=O)C3CCCC3)ccc21. The Morgan fingerprint density at radius 1 is 1.16 bits per heavy atom. The number of hydrogen-bond donors (Lipinski definition) is 1. The van der Waals surface area contributed by atoms with Crippen LogP contribution in [0, 0.1) is 0 Å². The molecule has 0 aliphatic heterocycles. The first-order valence-corrected chi connectivity index (χ1v) is 10.2. The van der Waals surface area contributed by atoms with Gasteiger partial charge in [-0.1, -0.05) is 12.8 Å². The van der Waals surface area contributed by atoms with Crippen LogP contribution in [0.5, 0.6) is 0 Å². The summed E-state index contributed by atoms with van der Waals surface area (Å²) in [4.78, 5) is 24.0. The third-order valence-electron chi connectivity index (χ3n) is 4.98. The highest BCUT2D eigenvalue weighted by Gasteiger charge is 2.28. The van der Waals surface area contributed by atoms with Crippen LogP contribution in [0.2, 0.25) is 0 Å². The second kappa shape index (κ2) is 6.67. The lowest BCUT2D eigenvalue weighted by Gasteiger charge is -2.11. The van der Waals surface area contributed by atoms with E-state index in [0.717, 1.165) is 18.4 Å². The van der Waals surface area contributed by atoms with Crippen molar-refractivity contribution in [2.45, 2.75) is 37.4 Å². The molecule has 1 amide bonds. The Hall–Kier alpha value is -2.09. The molecule has 1 aliphatic rings. The molecule has 3 rings (SSSR count). The molecule has 1 fully saturated rings. The molecule has 0 radical (unpaired) electrons. The van der Waals surface area contributed by atoms with Crippen LogP contribution in [0.25, 0.3) is 11.0 Å². The number of fused-ring (bicyclic) bond motifs is 1. The molecule has 0 bridgehead atoms. The lowest BCUT2D eigenvalue weighted by molar-refractivity contribution is -0.115. The monoisotopic (exact) mass is 365 g/mol. The third kappa shape index (κ3) is 3.49. The fourth-order valence-corrected chi connectivity index (χ4v) is 5.31. The highest BCUT2D eigenvalue weighted by atomic mass is 32.2. The maximum atomic E-state index is 12.2. The fraction of sp³-hybridized carbons (Fsp3) is 0.529. The average Bonchev–Trinajstić information content (AvgIpc) is 3.19. The lowest BCUT2D eigenvalue weighted by atomic mass is 10.2. The van der Waals surface area contributed by atoms with E-state index in [1.165, 1.54) is 9.13 Å². The Morgan fingerprint density at radius 2 is 1.80 bits per heavy atom. The van der Waals surface area contributed by atoms with Gasteiger partial charge in [0.25, 0.3) is 0 Å². The summed E-state index contributed by atoms with van der Waals surface area (Å²) >= 11 is 0. The van der Waals surface area contributed by atoms with Gasteiger partial charge in [0, 0.05) is 26.2 Å². The van der Waals surface area contributed by atoms with Crippen LogP contribution in [0.15, 0.2) is 23.0 Å². The summed E-state index contributed by atoms with van der Waals surface area (Å²) in [5, 5.41) is 2.44. The highest BCUT2D eigenvalue weighted by molar-refractivity contribution is 7.92. The number of rotatable bonds is 5. The Kier molecular flexibility index (Phi) is 4.73. The zero-order valence-corrected chi connectivity index (χ0v) is 15.3. The number of benzene rings is 1. The zero-order chi connectivity index (χ0) is 18.2. The van der Waals surface area contributed by atoms with E-state index in [9.17, 15) is 18.0 Å². The Labute approximate surface area is 146 Å². The molecule has 1 saturated carbocycles. The maximum Gasteiger partial charge on any atom is 0.328 e. The molecule has 25 heavy (non-hydrogen) atoms. The van der Waals surface area contributed by atoms with Gasteiger partial charge < -0.3 is 5.32 Å². The van der Waals surface area contributed by atoms with E-state index < -0.39 is 9.84 Å². The van der Waals surface area contributed by atoms with Gasteiger partial charge >= 0.3 is 5.69 Å². The summed E-state index contributed by atoms with van der Waals surface area (Å²) in [5.41, 5.74) is 1.90. The molecule has 1 heterocycles. The number of imidazole rings is 1. The second-order valence-electron chi connectivity index (χ2n) is 6.68. The summed E-state index contributed by atoms with van der Waals surface area (Å²) in [6.07, 6.45) is 3.27. The quantitative estimate of drug-likeness (QED) is 0.871. The van der Waals surface area contributed by atoms with Crippen molar-refractivity contribution in [3.8, 4) is 0 Å². The molecule has 0 unspecified atom stereocenters. The van der Waals surface area contributed by atoms with Crippen molar-refractivity contribution in [1.29, 1.82) is 0 Å². The molecule has 0 saturated heterocycles. The maximum absolute atomic E-state index is 12.2. The predicted octanol–water partition coefficient (Wildman–Crippen LogP) is 1.56. The topological polar surface area (TPSA) is 90.2 Å². The minimum absolute atomic E-state index is 0.0510. The van der Waals surface area contributed by atoms with E-state index >= 15 is 0 Å². The molecule has 8 heteroatoms. The second-order valence-corrected chi connectivity index (χ2v) is 9.08. The van der Waals surface area contributed by atoms with Crippen molar-refractivity contribution in [1.82, 2.24) is 9.13 Å². The van der Waals surface area contributed by atoms with E-state index in [0.29, 0.717) is 24.0 Å². The van der Waals surface area contributed by atoms with E-state index in [1.807, 2.05) is 0 Å². The van der Waals surface area contributed by atoms with Crippen molar-refractivity contribution in [3.05, 3.63) is 28.7 Å². The molecule has 0 atom stereocenters.